The molecule has 1 N–H and O–H groups in total. The van der Waals surface area contributed by atoms with E-state index in [0.29, 0.717) is 50.4 Å². The topological polar surface area (TPSA) is 56.8 Å². The van der Waals surface area contributed by atoms with Crippen molar-refractivity contribution in [3.8, 4) is 11.5 Å². The largest absolute Gasteiger partial charge is 0.491 e. The van der Waals surface area contributed by atoms with Crippen LogP contribution in [-0.4, -0.2) is 36.7 Å². The summed E-state index contributed by atoms with van der Waals surface area (Å²) in [5.41, 5.74) is 1.87. The van der Waals surface area contributed by atoms with E-state index in [1.165, 1.54) is 17.3 Å². The minimum Gasteiger partial charge on any atom is -0.491 e. The van der Waals surface area contributed by atoms with E-state index in [4.69, 9.17) is 49.6 Å². The van der Waals surface area contributed by atoms with Crippen molar-refractivity contribution in [2.24, 2.45) is 0 Å². The minimum absolute atomic E-state index is 0.235. The van der Waals surface area contributed by atoms with Gasteiger partial charge < -0.3 is 19.5 Å². The molecule has 1 aliphatic heterocycles. The number of ether oxygens (including phenoxy) is 3. The molecule has 2 aromatic carbocycles. The van der Waals surface area contributed by atoms with Crippen molar-refractivity contribution in [3.05, 3.63) is 62.5 Å². The number of thiocarbonyl (C=S) groups is 1. The van der Waals surface area contributed by atoms with Crippen molar-refractivity contribution in [2.45, 2.75) is 6.92 Å². The van der Waals surface area contributed by atoms with Gasteiger partial charge in [0.05, 0.1) is 28.2 Å². The van der Waals surface area contributed by atoms with Gasteiger partial charge in [-0.3, -0.25) is 4.79 Å². The lowest BCUT2D eigenvalue weighted by molar-refractivity contribution is -0.115. The van der Waals surface area contributed by atoms with Crippen LogP contribution in [0.25, 0.3) is 6.08 Å². The van der Waals surface area contributed by atoms with Crippen LogP contribution < -0.4 is 14.8 Å². The SMILES string of the molecule is Cc1ccc(OCCOCCOc2c(Cl)cc(C=C3SC(=S)NC3=O)cc2Cl)cc1. The van der Waals surface area contributed by atoms with Crippen LogP contribution in [0.4, 0.5) is 0 Å². The third-order valence-corrected chi connectivity index (χ3v) is 5.68. The van der Waals surface area contributed by atoms with Gasteiger partial charge in [-0.05, 0) is 42.8 Å². The van der Waals surface area contributed by atoms with Crippen LogP contribution in [0, 0.1) is 6.92 Å². The fraction of sp³-hybridized carbons (Fsp3) is 0.238. The molecule has 5 nitrogen and oxygen atoms in total. The number of hydrogen-bond acceptors (Lipinski definition) is 6. The Balaban J connectivity index is 1.43. The van der Waals surface area contributed by atoms with Crippen molar-refractivity contribution in [3.63, 3.8) is 0 Å². The predicted octanol–water partition coefficient (Wildman–Crippen LogP) is 5.27. The van der Waals surface area contributed by atoms with E-state index in [-0.39, 0.29) is 12.5 Å². The number of nitrogens with one attached hydrogen (secondary N) is 1. The molecule has 1 aliphatic rings. The maximum Gasteiger partial charge on any atom is 0.263 e. The van der Waals surface area contributed by atoms with Gasteiger partial charge in [0.1, 0.15) is 23.3 Å². The maximum absolute atomic E-state index is 11.8. The number of amides is 1. The number of halogens is 2. The van der Waals surface area contributed by atoms with Gasteiger partial charge in [0.2, 0.25) is 0 Å². The van der Waals surface area contributed by atoms with Crippen LogP contribution in [0.1, 0.15) is 11.1 Å². The Labute approximate surface area is 194 Å². The molecule has 0 atom stereocenters. The molecule has 158 valence electrons. The Bertz CT molecular complexity index is 941. The molecule has 2 aromatic rings. The van der Waals surface area contributed by atoms with Gasteiger partial charge in [0, 0.05) is 0 Å². The van der Waals surface area contributed by atoms with E-state index < -0.39 is 0 Å². The first-order chi connectivity index (χ1) is 14.4. The standard InChI is InChI=1S/C21H19Cl2NO4S2/c1-13-2-4-15(5-3-13)27-8-6-26-7-9-28-19-16(22)10-14(11-17(19)23)12-18-20(25)24-21(29)30-18/h2-5,10-12H,6-9H2,1H3,(H,24,25,29). The fourth-order valence-corrected chi connectivity index (χ4v) is 4.19. The van der Waals surface area contributed by atoms with E-state index in [1.807, 2.05) is 31.2 Å². The summed E-state index contributed by atoms with van der Waals surface area (Å²) in [5, 5.41) is 3.26. The van der Waals surface area contributed by atoms with Gasteiger partial charge in [0.25, 0.3) is 5.91 Å². The van der Waals surface area contributed by atoms with E-state index in [9.17, 15) is 4.79 Å². The number of rotatable bonds is 9. The van der Waals surface area contributed by atoms with Crippen molar-refractivity contribution in [1.29, 1.82) is 0 Å². The Morgan fingerprint density at radius 2 is 1.67 bits per heavy atom. The van der Waals surface area contributed by atoms with E-state index in [1.54, 1.807) is 18.2 Å². The van der Waals surface area contributed by atoms with Gasteiger partial charge in [0.15, 0.2) is 5.75 Å². The second kappa shape index (κ2) is 11.0. The number of carbonyl (C=O) groups excluding carboxylic acids is 1. The second-order valence-electron chi connectivity index (χ2n) is 6.29. The maximum atomic E-state index is 11.8. The molecular weight excluding hydrogens is 465 g/mol. The molecule has 1 saturated heterocycles. The summed E-state index contributed by atoms with van der Waals surface area (Å²) in [6.45, 7) is 3.57. The summed E-state index contributed by atoms with van der Waals surface area (Å²) in [7, 11) is 0. The quantitative estimate of drug-likeness (QED) is 0.298. The minimum atomic E-state index is -0.235. The highest BCUT2D eigenvalue weighted by Gasteiger charge is 2.22. The summed E-state index contributed by atoms with van der Waals surface area (Å²) in [6, 6.07) is 11.2. The van der Waals surface area contributed by atoms with Crippen LogP contribution in [0.15, 0.2) is 41.3 Å². The molecule has 0 bridgehead atoms. The van der Waals surface area contributed by atoms with Crippen molar-refractivity contribution < 1.29 is 19.0 Å². The predicted molar refractivity (Wildman–Crippen MR) is 126 cm³/mol. The van der Waals surface area contributed by atoms with Gasteiger partial charge in [-0.2, -0.15) is 0 Å². The normalized spacial score (nSPS) is 14.8. The zero-order chi connectivity index (χ0) is 21.5. The molecule has 0 aliphatic carbocycles. The molecule has 0 aromatic heterocycles. The molecule has 3 rings (SSSR count). The molecule has 0 unspecified atom stereocenters. The molecule has 0 saturated carbocycles. The first kappa shape index (κ1) is 22.9. The molecule has 0 spiro atoms. The molecule has 1 heterocycles. The number of aryl methyl sites for hydroxylation is 1. The molecular formula is C21H19Cl2NO4S2. The molecule has 1 fully saturated rings. The van der Waals surface area contributed by atoms with Gasteiger partial charge >= 0.3 is 0 Å². The van der Waals surface area contributed by atoms with Gasteiger partial charge in [-0.1, -0.05) is 64.9 Å². The van der Waals surface area contributed by atoms with Crippen molar-refractivity contribution >= 4 is 63.5 Å². The highest BCUT2D eigenvalue weighted by atomic mass is 35.5. The van der Waals surface area contributed by atoms with Crippen LogP contribution in [0.5, 0.6) is 11.5 Å². The average molecular weight is 484 g/mol. The summed E-state index contributed by atoms with van der Waals surface area (Å²) < 4.78 is 17.2. The summed E-state index contributed by atoms with van der Waals surface area (Å²) in [4.78, 5) is 12.3. The van der Waals surface area contributed by atoms with Crippen molar-refractivity contribution in [1.82, 2.24) is 5.32 Å². The van der Waals surface area contributed by atoms with E-state index in [2.05, 4.69) is 5.32 Å². The molecule has 1 amide bonds. The third-order valence-electron chi connectivity index (χ3n) is 3.95. The van der Waals surface area contributed by atoms with E-state index in [0.717, 1.165) is 5.75 Å². The van der Waals surface area contributed by atoms with Crippen LogP contribution >= 0.6 is 47.2 Å². The highest BCUT2D eigenvalue weighted by Crippen LogP contribution is 2.36. The average Bonchev–Trinajstić information content (AvgIpc) is 3.01. The van der Waals surface area contributed by atoms with Crippen LogP contribution in [0.3, 0.4) is 0 Å². The fourth-order valence-electron chi connectivity index (χ4n) is 2.53. The number of thioether (sulfide) groups is 1. The highest BCUT2D eigenvalue weighted by molar-refractivity contribution is 8.26. The summed E-state index contributed by atoms with van der Waals surface area (Å²) >= 11 is 18.8. The zero-order valence-electron chi connectivity index (χ0n) is 16.1. The number of carbonyl (C=O) groups is 1. The lowest BCUT2D eigenvalue weighted by Gasteiger charge is -2.12. The van der Waals surface area contributed by atoms with Gasteiger partial charge in [-0.15, -0.1) is 0 Å². The van der Waals surface area contributed by atoms with Crippen molar-refractivity contribution in [2.75, 3.05) is 26.4 Å². The first-order valence-electron chi connectivity index (χ1n) is 9.06. The lowest BCUT2D eigenvalue weighted by Crippen LogP contribution is -2.17. The Kier molecular flexibility index (Phi) is 8.41. The Morgan fingerprint density at radius 3 is 2.27 bits per heavy atom. The van der Waals surface area contributed by atoms with Crippen LogP contribution in [0.2, 0.25) is 10.0 Å². The molecule has 9 heteroatoms. The monoisotopic (exact) mass is 483 g/mol. The lowest BCUT2D eigenvalue weighted by atomic mass is 10.2. The Morgan fingerprint density at radius 1 is 1.03 bits per heavy atom. The first-order valence-corrected chi connectivity index (χ1v) is 11.0. The Hall–Kier alpha value is -1.77. The summed E-state index contributed by atoms with van der Waals surface area (Å²) in [5.74, 6) is 0.949. The second-order valence-corrected chi connectivity index (χ2v) is 8.82. The van der Waals surface area contributed by atoms with Crippen LogP contribution in [-0.2, 0) is 9.53 Å². The molecule has 30 heavy (non-hydrogen) atoms. The number of hydrogen-bond donors (Lipinski definition) is 1. The molecule has 0 radical (unpaired) electrons. The number of benzene rings is 2. The smallest absolute Gasteiger partial charge is 0.263 e. The third kappa shape index (κ3) is 6.62. The van der Waals surface area contributed by atoms with Gasteiger partial charge in [-0.25, -0.2) is 0 Å². The zero-order valence-corrected chi connectivity index (χ0v) is 19.2. The summed E-state index contributed by atoms with van der Waals surface area (Å²) in [6.07, 6.45) is 1.68. The van der Waals surface area contributed by atoms with E-state index >= 15 is 0 Å².